The van der Waals surface area contributed by atoms with E-state index in [9.17, 15) is 27.3 Å². The second-order valence-electron chi connectivity index (χ2n) is 4.40. The Kier molecular flexibility index (Phi) is 3.92. The summed E-state index contributed by atoms with van der Waals surface area (Å²) in [6.07, 6.45) is 0.881. The number of nitro benzene ring substituents is 1. The zero-order chi connectivity index (χ0) is 16.8. The molecule has 0 saturated heterocycles. The molecule has 2 aromatic rings. The van der Waals surface area contributed by atoms with Gasteiger partial charge in [0.25, 0.3) is 0 Å². The van der Waals surface area contributed by atoms with Gasteiger partial charge in [-0.05, 0) is 6.07 Å². The molecule has 1 aromatic carbocycles. The average Bonchev–Trinajstić information content (AvgIpc) is 2.66. The van der Waals surface area contributed by atoms with Gasteiger partial charge in [-0.1, -0.05) is 11.6 Å². The Morgan fingerprint density at radius 2 is 1.91 bits per heavy atom. The van der Waals surface area contributed by atoms with Crippen molar-refractivity contribution in [3.63, 3.8) is 0 Å². The van der Waals surface area contributed by atoms with Crippen molar-refractivity contribution >= 4 is 27.1 Å². The quantitative estimate of drug-likeness (QED) is 0.624. The van der Waals surface area contributed by atoms with Crippen LogP contribution in [0.15, 0.2) is 17.2 Å². The Bertz CT molecular complexity index is 895. The first kappa shape index (κ1) is 16.3. The summed E-state index contributed by atoms with van der Waals surface area (Å²) in [6, 6.07) is 0.934. The van der Waals surface area contributed by atoms with E-state index >= 15 is 0 Å². The first-order chi connectivity index (χ1) is 10.0. The highest BCUT2D eigenvalue weighted by Crippen LogP contribution is 2.35. The van der Waals surface area contributed by atoms with Crippen molar-refractivity contribution in [1.29, 1.82) is 0 Å². The molecule has 1 aromatic heterocycles. The fraction of sp³-hybridized carbons (Fsp3) is 0.182. The van der Waals surface area contributed by atoms with Crippen LogP contribution in [0.5, 0.6) is 0 Å². The summed E-state index contributed by atoms with van der Waals surface area (Å²) in [7, 11) is -2.48. The van der Waals surface area contributed by atoms with Gasteiger partial charge in [0.2, 0.25) is 5.82 Å². The van der Waals surface area contributed by atoms with Gasteiger partial charge in [0.1, 0.15) is 16.5 Å². The molecule has 0 aliphatic carbocycles. The van der Waals surface area contributed by atoms with Gasteiger partial charge >= 0.3 is 5.69 Å². The third-order valence-corrected chi connectivity index (χ3v) is 4.42. The molecule has 0 spiro atoms. The Labute approximate surface area is 128 Å². The minimum absolute atomic E-state index is 0.323. The molecule has 0 bridgehead atoms. The number of hydrogen-bond donors (Lipinski definition) is 0. The molecule has 0 aliphatic rings. The second kappa shape index (κ2) is 5.29. The largest absolute Gasteiger partial charge is 0.307 e. The number of nitro groups is 1. The van der Waals surface area contributed by atoms with E-state index in [2.05, 4.69) is 5.10 Å². The van der Waals surface area contributed by atoms with Crippen LogP contribution in [-0.4, -0.2) is 29.4 Å². The number of aryl methyl sites for hydroxylation is 1. The number of sulfone groups is 1. The molecule has 0 unspecified atom stereocenters. The molecule has 0 atom stereocenters. The van der Waals surface area contributed by atoms with Crippen LogP contribution in [0, 0.1) is 21.7 Å². The molecular weight excluding hydrogens is 344 g/mol. The molecule has 0 saturated carbocycles. The number of hydrogen-bond acceptors (Lipinski definition) is 5. The number of rotatable bonds is 3. The van der Waals surface area contributed by atoms with Crippen molar-refractivity contribution in [3.8, 4) is 11.3 Å². The minimum Gasteiger partial charge on any atom is -0.258 e. The zero-order valence-electron chi connectivity index (χ0n) is 11.2. The fourth-order valence-electron chi connectivity index (χ4n) is 1.92. The Morgan fingerprint density at radius 1 is 1.32 bits per heavy atom. The second-order valence-corrected chi connectivity index (χ2v) is 6.71. The first-order valence-corrected chi connectivity index (χ1v) is 7.87. The van der Waals surface area contributed by atoms with E-state index in [4.69, 9.17) is 11.6 Å². The predicted octanol–water partition coefficient (Wildman–Crippen LogP) is 2.33. The van der Waals surface area contributed by atoms with E-state index in [1.807, 2.05) is 0 Å². The van der Waals surface area contributed by atoms with E-state index in [1.54, 1.807) is 0 Å². The van der Waals surface area contributed by atoms with Gasteiger partial charge in [0.15, 0.2) is 14.9 Å². The Hall–Kier alpha value is -2.07. The van der Waals surface area contributed by atoms with Crippen LogP contribution in [-0.2, 0) is 16.9 Å². The van der Waals surface area contributed by atoms with Gasteiger partial charge in [0.05, 0.1) is 11.0 Å². The lowest BCUT2D eigenvalue weighted by Crippen LogP contribution is -2.05. The lowest BCUT2D eigenvalue weighted by Gasteiger charge is -2.02. The SMILES string of the molecule is Cn1nc(-c2cc(F)c([N+](=O)[O-])cc2F)c(Cl)c1S(C)(=O)=O. The van der Waals surface area contributed by atoms with E-state index < -0.39 is 42.7 Å². The van der Waals surface area contributed by atoms with Crippen molar-refractivity contribution in [2.24, 2.45) is 7.05 Å². The maximum absolute atomic E-state index is 14.0. The van der Waals surface area contributed by atoms with E-state index in [0.717, 1.165) is 10.9 Å². The van der Waals surface area contributed by atoms with Gasteiger partial charge in [-0.2, -0.15) is 9.49 Å². The maximum atomic E-state index is 14.0. The summed E-state index contributed by atoms with van der Waals surface area (Å²) in [5.41, 5.74) is -1.84. The lowest BCUT2D eigenvalue weighted by molar-refractivity contribution is -0.387. The molecule has 0 radical (unpaired) electrons. The maximum Gasteiger partial charge on any atom is 0.307 e. The number of nitrogens with zero attached hydrogens (tertiary/aromatic N) is 3. The van der Waals surface area contributed by atoms with Crippen LogP contribution in [0.4, 0.5) is 14.5 Å². The molecule has 0 fully saturated rings. The normalized spacial score (nSPS) is 11.7. The fourth-order valence-corrected chi connectivity index (χ4v) is 3.54. The van der Waals surface area contributed by atoms with Crippen molar-refractivity contribution < 1.29 is 22.1 Å². The highest BCUT2D eigenvalue weighted by Gasteiger charge is 2.27. The molecule has 0 amide bonds. The zero-order valence-corrected chi connectivity index (χ0v) is 12.7. The molecule has 0 aliphatic heterocycles. The molecule has 0 N–H and O–H groups in total. The standard InChI is InChI=1S/C11H8ClF2N3O4S/c1-16-11(22(2,20)21)9(12)10(15-16)5-3-7(14)8(17(18)19)4-6(5)13/h3-4H,1-2H3. The summed E-state index contributed by atoms with van der Waals surface area (Å²) in [4.78, 5) is 9.47. The highest BCUT2D eigenvalue weighted by molar-refractivity contribution is 7.90. The lowest BCUT2D eigenvalue weighted by atomic mass is 10.1. The third kappa shape index (κ3) is 2.66. The van der Waals surface area contributed by atoms with Crippen LogP contribution < -0.4 is 0 Å². The molecule has 2 rings (SSSR count). The van der Waals surface area contributed by atoms with Crippen LogP contribution in [0.2, 0.25) is 5.02 Å². The number of benzene rings is 1. The predicted molar refractivity (Wildman–Crippen MR) is 73.3 cm³/mol. The molecule has 1 heterocycles. The van der Waals surface area contributed by atoms with Crippen LogP contribution in [0.3, 0.4) is 0 Å². The average molecular weight is 352 g/mol. The monoisotopic (exact) mass is 351 g/mol. The highest BCUT2D eigenvalue weighted by atomic mass is 35.5. The summed E-state index contributed by atoms with van der Waals surface area (Å²) < 4.78 is 51.7. The van der Waals surface area contributed by atoms with Crippen LogP contribution in [0.25, 0.3) is 11.3 Å². The van der Waals surface area contributed by atoms with Crippen LogP contribution in [0.1, 0.15) is 0 Å². The van der Waals surface area contributed by atoms with E-state index in [-0.39, 0.29) is 10.7 Å². The summed E-state index contributed by atoms with van der Waals surface area (Å²) in [5.74, 6) is -2.43. The van der Waals surface area contributed by atoms with E-state index in [1.165, 1.54) is 7.05 Å². The molecule has 7 nitrogen and oxygen atoms in total. The van der Waals surface area contributed by atoms with Gasteiger partial charge in [0, 0.05) is 18.9 Å². The van der Waals surface area contributed by atoms with Crippen molar-refractivity contribution in [2.45, 2.75) is 5.03 Å². The first-order valence-electron chi connectivity index (χ1n) is 5.60. The smallest absolute Gasteiger partial charge is 0.258 e. The van der Waals surface area contributed by atoms with Gasteiger partial charge < -0.3 is 0 Å². The van der Waals surface area contributed by atoms with Gasteiger partial charge in [-0.3, -0.25) is 14.8 Å². The van der Waals surface area contributed by atoms with Crippen LogP contribution >= 0.6 is 11.6 Å². The summed E-state index contributed by atoms with van der Waals surface area (Å²) in [6.45, 7) is 0. The molecule has 11 heteroatoms. The molecule has 118 valence electrons. The van der Waals surface area contributed by atoms with Crippen molar-refractivity contribution in [3.05, 3.63) is 38.9 Å². The number of halogens is 3. The summed E-state index contributed by atoms with van der Waals surface area (Å²) in [5, 5.41) is 13.5. The number of aromatic nitrogens is 2. The van der Waals surface area contributed by atoms with Crippen molar-refractivity contribution in [1.82, 2.24) is 9.78 Å². The minimum atomic E-state index is -3.75. The Morgan fingerprint density at radius 3 is 2.36 bits per heavy atom. The van der Waals surface area contributed by atoms with Gasteiger partial charge in [-0.25, -0.2) is 12.8 Å². The van der Waals surface area contributed by atoms with Gasteiger partial charge in [-0.15, -0.1) is 0 Å². The Balaban J connectivity index is 2.74. The third-order valence-electron chi connectivity index (χ3n) is 2.78. The summed E-state index contributed by atoms with van der Waals surface area (Å²) >= 11 is 5.89. The molecular formula is C11H8ClF2N3O4S. The van der Waals surface area contributed by atoms with E-state index in [0.29, 0.717) is 12.1 Å². The van der Waals surface area contributed by atoms with Crippen molar-refractivity contribution in [2.75, 3.05) is 6.26 Å². The topological polar surface area (TPSA) is 95.1 Å². The molecule has 22 heavy (non-hydrogen) atoms.